The maximum Gasteiger partial charge on any atom is 0.250 e. The van der Waals surface area contributed by atoms with Crippen LogP contribution in [0.15, 0.2) is 24.3 Å². The molecule has 2 N–H and O–H groups in total. The monoisotopic (exact) mass is 430 g/mol. The van der Waals surface area contributed by atoms with Gasteiger partial charge < -0.3 is 5.73 Å². The van der Waals surface area contributed by atoms with E-state index in [-0.39, 0.29) is 12.2 Å². The molecule has 1 aromatic heterocycles. The molecule has 1 amide bonds. The van der Waals surface area contributed by atoms with E-state index in [1.54, 1.807) is 23.5 Å². The Morgan fingerprint density at radius 2 is 1.86 bits per heavy atom. The molecule has 0 spiro atoms. The van der Waals surface area contributed by atoms with E-state index in [1.807, 2.05) is 12.1 Å². The number of nitrogens with zero attached hydrogens (tertiary/aromatic N) is 1. The highest BCUT2D eigenvalue weighted by molar-refractivity contribution is 7.12. The lowest BCUT2D eigenvalue weighted by molar-refractivity contribution is -0.117. The standard InChI is InChI=1S/C23H27ClN2O2S/c24-17-7-5-15(6-8-17)11-18(27)12-20-22(23(25)28)19-9-10-26(14-21(19)29-20)13-16-3-1-2-4-16/h5-8,16H,1-4,9-14H2,(H2,25,28). The molecule has 2 aliphatic rings. The molecular weight excluding hydrogens is 404 g/mol. The van der Waals surface area contributed by atoms with E-state index < -0.39 is 5.91 Å². The van der Waals surface area contributed by atoms with Crippen molar-refractivity contribution in [3.8, 4) is 0 Å². The van der Waals surface area contributed by atoms with Gasteiger partial charge in [0.05, 0.1) is 5.56 Å². The number of thiophene rings is 1. The van der Waals surface area contributed by atoms with Crippen LogP contribution in [-0.2, 0) is 30.6 Å². The average molecular weight is 431 g/mol. The summed E-state index contributed by atoms with van der Waals surface area (Å²) in [6.45, 7) is 2.99. The van der Waals surface area contributed by atoms with E-state index in [0.717, 1.165) is 48.0 Å². The van der Waals surface area contributed by atoms with Gasteiger partial charge in [0.2, 0.25) is 5.91 Å². The molecule has 1 fully saturated rings. The lowest BCUT2D eigenvalue weighted by Gasteiger charge is -2.29. The molecule has 29 heavy (non-hydrogen) atoms. The molecule has 1 aliphatic carbocycles. The van der Waals surface area contributed by atoms with E-state index >= 15 is 0 Å². The van der Waals surface area contributed by atoms with Crippen molar-refractivity contribution in [1.82, 2.24) is 4.90 Å². The smallest absolute Gasteiger partial charge is 0.250 e. The van der Waals surface area contributed by atoms with Gasteiger partial charge >= 0.3 is 0 Å². The molecule has 0 unspecified atom stereocenters. The summed E-state index contributed by atoms with van der Waals surface area (Å²) in [5.41, 5.74) is 8.35. The minimum absolute atomic E-state index is 0.0937. The first-order valence-corrected chi connectivity index (χ1v) is 11.6. The normalized spacial score (nSPS) is 17.4. The van der Waals surface area contributed by atoms with Crippen LogP contribution in [0.25, 0.3) is 0 Å². The molecule has 0 saturated heterocycles. The zero-order valence-electron chi connectivity index (χ0n) is 16.6. The Kier molecular flexibility index (Phi) is 6.38. The second-order valence-corrected chi connectivity index (χ2v) is 9.95. The van der Waals surface area contributed by atoms with Crippen LogP contribution in [-0.4, -0.2) is 29.7 Å². The first kappa shape index (κ1) is 20.6. The number of hydrogen-bond acceptors (Lipinski definition) is 4. The fourth-order valence-corrected chi connectivity index (χ4v) is 6.27. The Bertz CT molecular complexity index is 900. The molecule has 1 aromatic carbocycles. The zero-order chi connectivity index (χ0) is 20.4. The van der Waals surface area contributed by atoms with Gasteiger partial charge in [-0.15, -0.1) is 11.3 Å². The number of Topliss-reactive ketones (excluding diaryl/α,β-unsaturated/α-hetero) is 1. The van der Waals surface area contributed by atoms with Crippen LogP contribution in [0.2, 0.25) is 5.02 Å². The molecule has 4 nitrogen and oxygen atoms in total. The molecule has 0 radical (unpaired) electrons. The summed E-state index contributed by atoms with van der Waals surface area (Å²) in [5.74, 6) is 0.504. The predicted molar refractivity (Wildman–Crippen MR) is 118 cm³/mol. The van der Waals surface area contributed by atoms with Crippen LogP contribution in [0.3, 0.4) is 0 Å². The quantitative estimate of drug-likeness (QED) is 0.707. The SMILES string of the molecule is NC(=O)c1c(CC(=O)Cc2ccc(Cl)cc2)sc2c1CCN(CC1CCCC1)C2. The maximum atomic E-state index is 12.7. The Labute approximate surface area is 181 Å². The molecule has 2 heterocycles. The third-order valence-corrected chi connectivity index (χ3v) is 7.59. The fraction of sp³-hybridized carbons (Fsp3) is 0.478. The van der Waals surface area contributed by atoms with E-state index in [2.05, 4.69) is 4.90 Å². The summed E-state index contributed by atoms with van der Waals surface area (Å²) >= 11 is 7.53. The molecule has 0 atom stereocenters. The fourth-order valence-electron chi connectivity index (χ4n) is 4.71. The Balaban J connectivity index is 1.47. The summed E-state index contributed by atoms with van der Waals surface area (Å²) in [6, 6.07) is 7.33. The van der Waals surface area contributed by atoms with Crippen molar-refractivity contribution in [3.63, 3.8) is 0 Å². The first-order valence-electron chi connectivity index (χ1n) is 10.4. The average Bonchev–Trinajstić information content (AvgIpc) is 3.30. The summed E-state index contributed by atoms with van der Waals surface area (Å²) in [6.07, 6.45) is 6.84. The summed E-state index contributed by atoms with van der Waals surface area (Å²) in [5, 5.41) is 0.658. The van der Waals surface area contributed by atoms with Gasteiger partial charge in [-0.25, -0.2) is 0 Å². The third-order valence-electron chi connectivity index (χ3n) is 6.12. The lowest BCUT2D eigenvalue weighted by Crippen LogP contribution is -2.34. The molecule has 154 valence electrons. The Hall–Kier alpha value is -1.69. The van der Waals surface area contributed by atoms with E-state index in [1.165, 1.54) is 30.6 Å². The summed E-state index contributed by atoms with van der Waals surface area (Å²) in [7, 11) is 0. The van der Waals surface area contributed by atoms with Crippen LogP contribution in [0, 0.1) is 5.92 Å². The number of fused-ring (bicyclic) bond motifs is 1. The van der Waals surface area contributed by atoms with E-state index in [0.29, 0.717) is 17.0 Å². The van der Waals surface area contributed by atoms with Gasteiger partial charge in [0.15, 0.2) is 0 Å². The van der Waals surface area contributed by atoms with Crippen molar-refractivity contribution in [2.24, 2.45) is 11.7 Å². The van der Waals surface area contributed by atoms with Crippen LogP contribution in [0.4, 0.5) is 0 Å². The molecular formula is C23H27ClN2O2S. The molecule has 4 rings (SSSR count). The predicted octanol–water partition coefficient (Wildman–Crippen LogP) is 4.40. The number of amides is 1. The van der Waals surface area contributed by atoms with Crippen molar-refractivity contribution in [3.05, 3.63) is 55.7 Å². The van der Waals surface area contributed by atoms with Crippen LogP contribution >= 0.6 is 22.9 Å². The third kappa shape index (κ3) is 4.90. The number of carbonyl (C=O) groups is 2. The number of halogens is 1. The van der Waals surface area contributed by atoms with Gasteiger partial charge in [-0.2, -0.15) is 0 Å². The highest BCUT2D eigenvalue weighted by Crippen LogP contribution is 2.35. The number of ketones is 1. The van der Waals surface area contributed by atoms with Gasteiger partial charge in [0.25, 0.3) is 0 Å². The van der Waals surface area contributed by atoms with Crippen LogP contribution < -0.4 is 5.73 Å². The maximum absolute atomic E-state index is 12.7. The van der Waals surface area contributed by atoms with Gasteiger partial charge in [0.1, 0.15) is 5.78 Å². The molecule has 2 aromatic rings. The second kappa shape index (κ2) is 8.99. The van der Waals surface area contributed by atoms with Crippen molar-refractivity contribution in [2.75, 3.05) is 13.1 Å². The summed E-state index contributed by atoms with van der Waals surface area (Å²) < 4.78 is 0. The number of hydrogen-bond donors (Lipinski definition) is 1. The number of primary amides is 1. The minimum Gasteiger partial charge on any atom is -0.366 e. The van der Waals surface area contributed by atoms with E-state index in [4.69, 9.17) is 17.3 Å². The topological polar surface area (TPSA) is 63.4 Å². The zero-order valence-corrected chi connectivity index (χ0v) is 18.2. The highest BCUT2D eigenvalue weighted by Gasteiger charge is 2.29. The van der Waals surface area contributed by atoms with Gasteiger partial charge in [-0.1, -0.05) is 36.6 Å². The Morgan fingerprint density at radius 3 is 2.55 bits per heavy atom. The van der Waals surface area contributed by atoms with Crippen LogP contribution in [0.5, 0.6) is 0 Å². The van der Waals surface area contributed by atoms with Crippen molar-refractivity contribution >= 4 is 34.6 Å². The number of rotatable bonds is 7. The molecule has 6 heteroatoms. The van der Waals surface area contributed by atoms with Gasteiger partial charge in [0, 0.05) is 47.3 Å². The minimum atomic E-state index is -0.402. The molecule has 0 bridgehead atoms. The van der Waals surface area contributed by atoms with Crippen molar-refractivity contribution < 1.29 is 9.59 Å². The van der Waals surface area contributed by atoms with Crippen LogP contribution in [0.1, 0.15) is 56.9 Å². The molecule has 1 saturated carbocycles. The highest BCUT2D eigenvalue weighted by atomic mass is 35.5. The Morgan fingerprint density at radius 1 is 1.14 bits per heavy atom. The summed E-state index contributed by atoms with van der Waals surface area (Å²) in [4.78, 5) is 29.4. The first-order chi connectivity index (χ1) is 14.0. The second-order valence-electron chi connectivity index (χ2n) is 8.32. The van der Waals surface area contributed by atoms with Crippen molar-refractivity contribution in [2.45, 2.75) is 51.5 Å². The number of nitrogens with two attached hydrogens (primary N) is 1. The molecule has 1 aliphatic heterocycles. The van der Waals surface area contributed by atoms with Crippen molar-refractivity contribution in [1.29, 1.82) is 0 Å². The number of carbonyl (C=O) groups excluding carboxylic acids is 2. The van der Waals surface area contributed by atoms with E-state index in [9.17, 15) is 9.59 Å². The van der Waals surface area contributed by atoms with Gasteiger partial charge in [-0.3, -0.25) is 14.5 Å². The largest absolute Gasteiger partial charge is 0.366 e. The van der Waals surface area contributed by atoms with Gasteiger partial charge in [-0.05, 0) is 48.4 Å². The number of benzene rings is 1. The lowest BCUT2D eigenvalue weighted by atomic mass is 9.97.